The Morgan fingerprint density at radius 1 is 1.13 bits per heavy atom. The number of benzene rings is 2. The van der Waals surface area contributed by atoms with E-state index in [1.165, 1.54) is 4.90 Å². The highest BCUT2D eigenvalue weighted by molar-refractivity contribution is 6.31. The van der Waals surface area contributed by atoms with Crippen molar-refractivity contribution in [1.82, 2.24) is 15.5 Å². The summed E-state index contributed by atoms with van der Waals surface area (Å²) < 4.78 is 5.16. The Hall–Kier alpha value is -3.03. The van der Waals surface area contributed by atoms with Crippen molar-refractivity contribution in [3.05, 3.63) is 81.0 Å². The molecule has 0 spiro atoms. The van der Waals surface area contributed by atoms with Gasteiger partial charge in [0.2, 0.25) is 5.91 Å². The van der Waals surface area contributed by atoms with Gasteiger partial charge in [-0.25, -0.2) is 9.59 Å². The van der Waals surface area contributed by atoms with Gasteiger partial charge in [0.1, 0.15) is 13.2 Å². The maximum absolute atomic E-state index is 12.7. The Bertz CT molecular complexity index is 1050. The first-order chi connectivity index (χ1) is 14.4. The summed E-state index contributed by atoms with van der Waals surface area (Å²) in [6, 6.07) is 12.8. The molecule has 30 heavy (non-hydrogen) atoms. The number of urea groups is 1. The summed E-state index contributed by atoms with van der Waals surface area (Å²) >= 11 is 12.0. The molecule has 0 unspecified atom stereocenters. The van der Waals surface area contributed by atoms with Crippen molar-refractivity contribution in [2.75, 3.05) is 13.2 Å². The average Bonchev–Trinajstić information content (AvgIpc) is 3.11. The Morgan fingerprint density at radius 2 is 1.87 bits per heavy atom. The van der Waals surface area contributed by atoms with Crippen molar-refractivity contribution in [2.45, 2.75) is 12.6 Å². The molecule has 0 fully saturated rings. The van der Waals surface area contributed by atoms with Crippen molar-refractivity contribution in [3.63, 3.8) is 0 Å². The van der Waals surface area contributed by atoms with Gasteiger partial charge in [0, 0.05) is 16.6 Å². The molecule has 2 N–H and O–H groups in total. The smallest absolute Gasteiger partial charge is 0.338 e. The maximum atomic E-state index is 12.7. The van der Waals surface area contributed by atoms with E-state index >= 15 is 0 Å². The molecule has 7 nitrogen and oxygen atoms in total. The second-order valence-electron chi connectivity index (χ2n) is 6.82. The minimum Gasteiger partial charge on any atom is -0.456 e. The fraction of sp³-hybridized carbons (Fsp3) is 0.190. The van der Waals surface area contributed by atoms with Gasteiger partial charge >= 0.3 is 12.0 Å². The molecule has 3 amide bonds. The number of ether oxygens (including phenoxy) is 1. The molecular weight excluding hydrogens is 429 g/mol. The fourth-order valence-corrected chi connectivity index (χ4v) is 3.75. The Morgan fingerprint density at radius 3 is 2.60 bits per heavy atom. The number of nitrogens with zero attached hydrogens (tertiary/aromatic N) is 1. The number of hydrogen-bond donors (Lipinski definition) is 2. The molecule has 0 radical (unpaired) electrons. The van der Waals surface area contributed by atoms with Crippen molar-refractivity contribution in [1.29, 1.82) is 0 Å². The second-order valence-corrected chi connectivity index (χ2v) is 7.67. The summed E-state index contributed by atoms with van der Waals surface area (Å²) in [5, 5.41) is 6.60. The van der Waals surface area contributed by atoms with E-state index in [-0.39, 0.29) is 25.6 Å². The standard InChI is InChI=1S/C21H17Cl2N3O4/c22-14-7-5-12(6-8-14)19-18-16(11-30-20(18)28)26(21(29)25-19)10-17(27)24-9-13-3-1-2-4-15(13)23/h1-8,19H,9-11H2,(H,24,27)(H,25,29)/t19-/m1/s1. The monoisotopic (exact) mass is 445 g/mol. The molecule has 2 aromatic rings. The van der Waals surface area contributed by atoms with E-state index in [0.717, 1.165) is 5.56 Å². The third-order valence-corrected chi connectivity index (χ3v) is 5.56. The van der Waals surface area contributed by atoms with Gasteiger partial charge < -0.3 is 15.4 Å². The predicted octanol–water partition coefficient (Wildman–Crippen LogP) is 3.19. The van der Waals surface area contributed by atoms with Gasteiger partial charge in [-0.05, 0) is 29.3 Å². The molecule has 1 atom stereocenters. The van der Waals surface area contributed by atoms with E-state index in [0.29, 0.717) is 26.9 Å². The zero-order chi connectivity index (χ0) is 21.3. The van der Waals surface area contributed by atoms with E-state index in [1.807, 2.05) is 6.07 Å². The number of halogens is 2. The van der Waals surface area contributed by atoms with Gasteiger partial charge in [-0.15, -0.1) is 0 Å². The lowest BCUT2D eigenvalue weighted by molar-refractivity contribution is -0.136. The quantitative estimate of drug-likeness (QED) is 0.691. The summed E-state index contributed by atoms with van der Waals surface area (Å²) in [5.41, 5.74) is 2.16. The highest BCUT2D eigenvalue weighted by Crippen LogP contribution is 2.35. The average molecular weight is 446 g/mol. The molecule has 2 heterocycles. The van der Waals surface area contributed by atoms with Crippen LogP contribution in [0.3, 0.4) is 0 Å². The second kappa shape index (κ2) is 8.38. The van der Waals surface area contributed by atoms with Crippen LogP contribution in [0.5, 0.6) is 0 Å². The lowest BCUT2D eigenvalue weighted by Crippen LogP contribution is -2.50. The van der Waals surface area contributed by atoms with Crippen LogP contribution < -0.4 is 10.6 Å². The van der Waals surface area contributed by atoms with Crippen LogP contribution in [0, 0.1) is 0 Å². The molecular formula is C21H17Cl2N3O4. The van der Waals surface area contributed by atoms with Gasteiger partial charge in [-0.2, -0.15) is 0 Å². The molecule has 2 aliphatic heterocycles. The summed E-state index contributed by atoms with van der Waals surface area (Å²) in [6.45, 7) is -0.0920. The van der Waals surface area contributed by atoms with Crippen LogP contribution in [-0.2, 0) is 20.9 Å². The highest BCUT2D eigenvalue weighted by atomic mass is 35.5. The lowest BCUT2D eigenvalue weighted by Gasteiger charge is -2.32. The van der Waals surface area contributed by atoms with Crippen LogP contribution >= 0.6 is 23.2 Å². The Kier molecular flexibility index (Phi) is 5.65. The van der Waals surface area contributed by atoms with Crippen LogP contribution in [0.2, 0.25) is 10.0 Å². The number of carbonyl (C=O) groups excluding carboxylic acids is 3. The van der Waals surface area contributed by atoms with E-state index in [2.05, 4.69) is 10.6 Å². The normalized spacial score (nSPS) is 18.1. The van der Waals surface area contributed by atoms with E-state index in [1.54, 1.807) is 42.5 Å². The summed E-state index contributed by atoms with van der Waals surface area (Å²) in [7, 11) is 0. The van der Waals surface area contributed by atoms with E-state index in [4.69, 9.17) is 27.9 Å². The van der Waals surface area contributed by atoms with Crippen LogP contribution in [0.15, 0.2) is 59.8 Å². The molecule has 0 bridgehead atoms. The van der Waals surface area contributed by atoms with Crippen molar-refractivity contribution in [2.24, 2.45) is 0 Å². The van der Waals surface area contributed by atoms with Gasteiger partial charge in [-0.1, -0.05) is 53.5 Å². The third-order valence-electron chi connectivity index (χ3n) is 4.94. The van der Waals surface area contributed by atoms with Crippen LogP contribution in [0.1, 0.15) is 17.2 Å². The van der Waals surface area contributed by atoms with Crippen LogP contribution in [0.25, 0.3) is 0 Å². The largest absolute Gasteiger partial charge is 0.456 e. The number of nitrogens with one attached hydrogen (secondary N) is 2. The first-order valence-corrected chi connectivity index (χ1v) is 9.93. The fourth-order valence-electron chi connectivity index (χ4n) is 3.42. The number of esters is 1. The first-order valence-electron chi connectivity index (χ1n) is 9.18. The molecule has 2 aliphatic rings. The third kappa shape index (κ3) is 3.99. The number of rotatable bonds is 5. The van der Waals surface area contributed by atoms with Crippen LogP contribution in [-0.4, -0.2) is 36.0 Å². The molecule has 0 aromatic heterocycles. The summed E-state index contributed by atoms with van der Waals surface area (Å²) in [5.74, 6) is -0.910. The van der Waals surface area contributed by atoms with Gasteiger partial charge in [0.15, 0.2) is 0 Å². The zero-order valence-corrected chi connectivity index (χ0v) is 17.2. The highest BCUT2D eigenvalue weighted by Gasteiger charge is 2.42. The Balaban J connectivity index is 1.52. The summed E-state index contributed by atoms with van der Waals surface area (Å²) in [6.07, 6.45) is 0. The van der Waals surface area contributed by atoms with Crippen LogP contribution in [0.4, 0.5) is 4.79 Å². The molecule has 154 valence electrons. The number of carbonyl (C=O) groups is 3. The van der Waals surface area contributed by atoms with Gasteiger partial charge in [-0.3, -0.25) is 9.69 Å². The number of hydrogen-bond acceptors (Lipinski definition) is 4. The molecule has 0 saturated carbocycles. The Labute approximate surface area is 182 Å². The molecule has 0 saturated heterocycles. The van der Waals surface area contributed by atoms with Gasteiger partial charge in [0.05, 0.1) is 17.3 Å². The molecule has 9 heteroatoms. The first kappa shape index (κ1) is 20.3. The van der Waals surface area contributed by atoms with E-state index in [9.17, 15) is 14.4 Å². The lowest BCUT2D eigenvalue weighted by atomic mass is 9.96. The molecule has 2 aromatic carbocycles. The minimum atomic E-state index is -0.665. The van der Waals surface area contributed by atoms with E-state index < -0.39 is 18.0 Å². The molecule has 4 rings (SSSR count). The number of amides is 3. The maximum Gasteiger partial charge on any atom is 0.338 e. The zero-order valence-electron chi connectivity index (χ0n) is 15.7. The SMILES string of the molecule is O=C(CN1C(=O)N[C@H](c2ccc(Cl)cc2)C2=C1COC2=O)NCc1ccccc1Cl. The van der Waals surface area contributed by atoms with Gasteiger partial charge in [0.25, 0.3) is 0 Å². The van der Waals surface area contributed by atoms with Crippen molar-refractivity contribution in [3.8, 4) is 0 Å². The summed E-state index contributed by atoms with van der Waals surface area (Å²) in [4.78, 5) is 38.8. The molecule has 0 aliphatic carbocycles. The van der Waals surface area contributed by atoms with Crippen molar-refractivity contribution >= 4 is 41.1 Å². The van der Waals surface area contributed by atoms with Crippen molar-refractivity contribution < 1.29 is 19.1 Å². The topological polar surface area (TPSA) is 87.7 Å². The predicted molar refractivity (Wildman–Crippen MR) is 111 cm³/mol. The minimum absolute atomic E-state index is 0.0660. The number of cyclic esters (lactones) is 1.